The Morgan fingerprint density at radius 3 is 2.41 bits per heavy atom. The third kappa shape index (κ3) is 5.60. The van der Waals surface area contributed by atoms with E-state index in [1.807, 2.05) is 6.07 Å². The monoisotopic (exact) mass is 503 g/mol. The maximum atomic E-state index is 12.7. The van der Waals surface area contributed by atoms with Crippen molar-refractivity contribution in [2.24, 2.45) is 0 Å². The summed E-state index contributed by atoms with van der Waals surface area (Å²) in [6.07, 6.45) is 1.87. The van der Waals surface area contributed by atoms with Gasteiger partial charge in [0.05, 0.1) is 11.8 Å². The first-order valence-electron chi connectivity index (χ1n) is 10.3. The van der Waals surface area contributed by atoms with E-state index in [-0.39, 0.29) is 41.9 Å². The molecular weight excluding hydrogens is 482 g/mol. The van der Waals surface area contributed by atoms with E-state index in [9.17, 15) is 18.6 Å². The molecule has 2 aliphatic rings. The van der Waals surface area contributed by atoms with Crippen LogP contribution in [-0.4, -0.2) is 58.4 Å². The minimum Gasteiger partial charge on any atom is -0.482 e. The van der Waals surface area contributed by atoms with Gasteiger partial charge in [-0.2, -0.15) is 0 Å². The van der Waals surface area contributed by atoms with Crippen molar-refractivity contribution in [3.63, 3.8) is 0 Å². The highest BCUT2D eigenvalue weighted by Crippen LogP contribution is 2.46. The molecule has 0 radical (unpaired) electrons. The molecule has 2 aromatic carbocycles. The molecule has 11 heteroatoms. The van der Waals surface area contributed by atoms with Crippen molar-refractivity contribution in [1.82, 2.24) is 4.90 Å². The van der Waals surface area contributed by atoms with Gasteiger partial charge in [-0.25, -0.2) is 9.59 Å². The summed E-state index contributed by atoms with van der Waals surface area (Å²) in [5.74, 6) is -0.584. The molecule has 0 spiro atoms. The lowest BCUT2D eigenvalue weighted by Gasteiger charge is -2.33. The lowest BCUT2D eigenvalue weighted by atomic mass is 10.2. The second-order valence-electron chi connectivity index (χ2n) is 7.16. The number of carbonyl (C=O) groups is 3. The van der Waals surface area contributed by atoms with Crippen molar-refractivity contribution in [1.29, 1.82) is 0 Å². The average Bonchev–Trinajstić information content (AvgIpc) is 3.13. The summed E-state index contributed by atoms with van der Waals surface area (Å²) >= 11 is 1.25. The highest BCUT2D eigenvalue weighted by molar-refractivity contribution is 8.03. The molecule has 2 heterocycles. The van der Waals surface area contributed by atoms with Gasteiger partial charge in [0, 0.05) is 22.0 Å². The zero-order valence-corrected chi connectivity index (χ0v) is 19.8. The Morgan fingerprint density at radius 2 is 1.74 bits per heavy atom. The SMILES string of the molecule is CS(=O)c1ccc(OC2=C(C(=O)OCCOC(=O)COc3ccccc3)N3C(=O)CC3S2)cc1. The van der Waals surface area contributed by atoms with Crippen molar-refractivity contribution in [2.45, 2.75) is 16.7 Å². The Balaban J connectivity index is 1.30. The number of ether oxygens (including phenoxy) is 4. The van der Waals surface area contributed by atoms with Crippen LogP contribution in [0.25, 0.3) is 0 Å². The van der Waals surface area contributed by atoms with Gasteiger partial charge in [0.25, 0.3) is 0 Å². The van der Waals surface area contributed by atoms with E-state index < -0.39 is 22.7 Å². The van der Waals surface area contributed by atoms with Crippen molar-refractivity contribution in [3.05, 3.63) is 65.4 Å². The fourth-order valence-corrected chi connectivity index (χ4v) is 4.91. The zero-order valence-electron chi connectivity index (χ0n) is 18.1. The van der Waals surface area contributed by atoms with E-state index in [2.05, 4.69) is 0 Å². The van der Waals surface area contributed by atoms with Crippen LogP contribution in [-0.2, 0) is 34.7 Å². The fraction of sp³-hybridized carbons (Fsp3) is 0.261. The molecule has 1 fully saturated rings. The molecule has 1 amide bonds. The molecule has 1 saturated heterocycles. The highest BCUT2D eigenvalue weighted by atomic mass is 32.2. The number of hydrogen-bond acceptors (Lipinski definition) is 9. The Labute approximate surface area is 202 Å². The van der Waals surface area contributed by atoms with Crippen LogP contribution in [0.4, 0.5) is 0 Å². The summed E-state index contributed by atoms with van der Waals surface area (Å²) in [6, 6.07) is 15.4. The topological polar surface area (TPSA) is 108 Å². The Kier molecular flexibility index (Phi) is 7.53. The lowest BCUT2D eigenvalue weighted by Crippen LogP contribution is -2.48. The quantitative estimate of drug-likeness (QED) is 0.274. The van der Waals surface area contributed by atoms with Crippen LogP contribution in [0.5, 0.6) is 11.5 Å². The minimum absolute atomic E-state index is 0.0214. The van der Waals surface area contributed by atoms with Crippen molar-refractivity contribution < 1.29 is 37.5 Å². The Hall–Kier alpha value is -3.31. The number of β-lactam (4-membered cyclic amide) rings is 1. The number of fused-ring (bicyclic) bond motifs is 1. The predicted octanol–water partition coefficient (Wildman–Crippen LogP) is 2.44. The molecule has 0 saturated carbocycles. The van der Waals surface area contributed by atoms with Crippen LogP contribution in [0.15, 0.2) is 70.3 Å². The third-order valence-electron chi connectivity index (χ3n) is 4.82. The smallest absolute Gasteiger partial charge is 0.359 e. The normalized spacial score (nSPS) is 17.5. The van der Waals surface area contributed by atoms with E-state index in [1.165, 1.54) is 16.7 Å². The lowest BCUT2D eigenvalue weighted by molar-refractivity contribution is -0.154. The van der Waals surface area contributed by atoms with Gasteiger partial charge >= 0.3 is 11.9 Å². The standard InChI is InChI=1S/C23H21NO8S2/c1-34(28)17-9-7-16(8-10-17)32-23-21(24-18(25)13-19(24)33-23)22(27)30-12-11-29-20(26)14-31-15-5-3-2-4-6-15/h2-10,19H,11-14H2,1H3. The van der Waals surface area contributed by atoms with E-state index in [1.54, 1.807) is 54.8 Å². The molecular formula is C23H21NO8S2. The Morgan fingerprint density at radius 1 is 1.03 bits per heavy atom. The molecule has 2 unspecified atom stereocenters. The second kappa shape index (κ2) is 10.7. The van der Waals surface area contributed by atoms with Crippen LogP contribution in [0.3, 0.4) is 0 Å². The summed E-state index contributed by atoms with van der Waals surface area (Å²) in [5, 5.41) is 0.0277. The fourth-order valence-electron chi connectivity index (χ4n) is 3.15. The van der Waals surface area contributed by atoms with E-state index in [0.29, 0.717) is 22.8 Å². The van der Waals surface area contributed by atoms with Crippen molar-refractivity contribution in [3.8, 4) is 11.5 Å². The van der Waals surface area contributed by atoms with Gasteiger partial charge in [-0.15, -0.1) is 0 Å². The number of amides is 1. The van der Waals surface area contributed by atoms with Gasteiger partial charge in [-0.1, -0.05) is 30.0 Å². The van der Waals surface area contributed by atoms with Crippen LogP contribution in [0, 0.1) is 0 Å². The third-order valence-corrected chi connectivity index (χ3v) is 6.90. The summed E-state index contributed by atoms with van der Waals surface area (Å²) in [6.45, 7) is -0.625. The van der Waals surface area contributed by atoms with Crippen LogP contribution in [0.1, 0.15) is 6.42 Å². The van der Waals surface area contributed by atoms with Gasteiger partial charge in [-0.05, 0) is 36.4 Å². The molecule has 0 aliphatic carbocycles. The van der Waals surface area contributed by atoms with Crippen molar-refractivity contribution >= 4 is 40.4 Å². The summed E-state index contributed by atoms with van der Waals surface area (Å²) in [4.78, 5) is 38.5. The number of benzene rings is 2. The molecule has 0 aromatic heterocycles. The average molecular weight is 504 g/mol. The predicted molar refractivity (Wildman–Crippen MR) is 123 cm³/mol. The van der Waals surface area contributed by atoms with E-state index in [4.69, 9.17) is 18.9 Å². The molecule has 9 nitrogen and oxygen atoms in total. The maximum Gasteiger partial charge on any atom is 0.359 e. The first kappa shape index (κ1) is 23.8. The molecule has 0 N–H and O–H groups in total. The molecule has 2 aromatic rings. The summed E-state index contributed by atoms with van der Waals surface area (Å²) in [5.41, 5.74) is 0.0214. The van der Waals surface area contributed by atoms with E-state index >= 15 is 0 Å². The van der Waals surface area contributed by atoms with Gasteiger partial charge in [-0.3, -0.25) is 13.9 Å². The number of carbonyl (C=O) groups excluding carboxylic acids is 3. The largest absolute Gasteiger partial charge is 0.482 e. The number of rotatable bonds is 10. The van der Waals surface area contributed by atoms with Gasteiger partial charge in [0.1, 0.15) is 24.7 Å². The first-order valence-corrected chi connectivity index (χ1v) is 12.7. The maximum absolute atomic E-state index is 12.7. The molecule has 2 aliphatic heterocycles. The summed E-state index contributed by atoms with van der Waals surface area (Å²) in [7, 11) is -1.12. The number of para-hydroxylation sites is 1. The van der Waals surface area contributed by atoms with Gasteiger partial charge < -0.3 is 18.9 Å². The van der Waals surface area contributed by atoms with Crippen LogP contribution < -0.4 is 9.47 Å². The Bertz CT molecular complexity index is 1130. The number of hydrogen-bond donors (Lipinski definition) is 0. The zero-order chi connectivity index (χ0) is 24.1. The molecule has 178 valence electrons. The summed E-state index contributed by atoms with van der Waals surface area (Å²) < 4.78 is 32.9. The number of nitrogens with zero attached hydrogens (tertiary/aromatic N) is 1. The van der Waals surface area contributed by atoms with Gasteiger partial charge in [0.2, 0.25) is 5.91 Å². The van der Waals surface area contributed by atoms with E-state index in [0.717, 1.165) is 0 Å². The molecule has 34 heavy (non-hydrogen) atoms. The number of esters is 2. The number of thioether (sulfide) groups is 1. The molecule has 0 bridgehead atoms. The van der Waals surface area contributed by atoms with Crippen LogP contribution >= 0.6 is 11.8 Å². The minimum atomic E-state index is -1.12. The first-order chi connectivity index (χ1) is 16.4. The highest BCUT2D eigenvalue weighted by Gasteiger charge is 2.50. The molecule has 4 rings (SSSR count). The van der Waals surface area contributed by atoms with Crippen LogP contribution in [0.2, 0.25) is 0 Å². The van der Waals surface area contributed by atoms with Crippen molar-refractivity contribution in [2.75, 3.05) is 26.1 Å². The molecule has 2 atom stereocenters. The van der Waals surface area contributed by atoms with Gasteiger partial charge in [0.15, 0.2) is 17.4 Å². The second-order valence-corrected chi connectivity index (χ2v) is 9.69.